The highest BCUT2D eigenvalue weighted by Crippen LogP contribution is 2.40. The number of hydrogen-bond donors (Lipinski definition) is 6. The molecule has 2 aliphatic carbocycles. The second kappa shape index (κ2) is 39.1. The van der Waals surface area contributed by atoms with E-state index in [2.05, 4.69) is 31.6 Å². The van der Waals surface area contributed by atoms with Gasteiger partial charge >= 0.3 is 5.97 Å². The Balaban J connectivity index is 1.12. The minimum Gasteiger partial charge on any atom is -0.479 e. The van der Waals surface area contributed by atoms with E-state index < -0.39 is 87.8 Å². The number of carbonyl (C=O) groups is 7. The van der Waals surface area contributed by atoms with Crippen molar-refractivity contribution < 1.29 is 89.7 Å². The fraction of sp³-hybridized carbons (Fsp3) is 0.702. The third-order valence-electron chi connectivity index (χ3n) is 14.5. The van der Waals surface area contributed by atoms with Crippen LogP contribution in [0.15, 0.2) is 41.7 Å². The SMILES string of the molecule is COCCOCCOCCOCCC1(CCOCCOCCOCCOC)CN(CCCCCC(=O)NCC(=O)NCC(=O)N[C@@H](Cc2ccccc2)C(=O)NCC(=O)NCO[C@H](C(=O)O)C2CC2)C(=O)c2cnc(S(=O)(=O)C3CCCC3)nc21. The molecule has 1 aromatic carbocycles. The lowest BCUT2D eigenvalue weighted by atomic mass is 9.73. The molecule has 85 heavy (non-hydrogen) atoms. The minimum absolute atomic E-state index is 0.0585. The molecule has 2 saturated carbocycles. The molecule has 0 radical (unpaired) electrons. The molecule has 3 aliphatic rings. The summed E-state index contributed by atoms with van der Waals surface area (Å²) in [7, 11) is -0.697. The van der Waals surface area contributed by atoms with Gasteiger partial charge in [-0.25, -0.2) is 23.2 Å². The number of benzene rings is 1. The van der Waals surface area contributed by atoms with Crippen molar-refractivity contribution in [1.29, 1.82) is 0 Å². The molecule has 1 aromatic heterocycles. The van der Waals surface area contributed by atoms with Gasteiger partial charge in [-0.15, -0.1) is 0 Å². The summed E-state index contributed by atoms with van der Waals surface area (Å²) in [5.41, 5.74) is 0.322. The maximum absolute atomic E-state index is 14.3. The summed E-state index contributed by atoms with van der Waals surface area (Å²) in [5, 5.41) is 20.9. The molecule has 0 saturated heterocycles. The Kier molecular flexibility index (Phi) is 32.1. The number of methoxy groups -OCH3 is 2. The molecule has 5 rings (SSSR count). The lowest BCUT2D eigenvalue weighted by Crippen LogP contribution is -2.52. The van der Waals surface area contributed by atoms with Gasteiger partial charge in [0.05, 0.1) is 115 Å². The normalized spacial score (nSPS) is 15.6. The van der Waals surface area contributed by atoms with Gasteiger partial charge in [-0.3, -0.25) is 28.8 Å². The van der Waals surface area contributed by atoms with Crippen molar-refractivity contribution in [3.8, 4) is 0 Å². The quantitative estimate of drug-likeness (QED) is 0.0301. The number of amides is 6. The Morgan fingerprint density at radius 1 is 0.671 bits per heavy atom. The number of ether oxygens (including phenoxy) is 9. The van der Waals surface area contributed by atoms with Crippen LogP contribution in [0.1, 0.15) is 98.7 Å². The highest BCUT2D eigenvalue weighted by Gasteiger charge is 2.46. The number of carboxylic acids is 1. The molecule has 0 unspecified atom stereocenters. The summed E-state index contributed by atoms with van der Waals surface area (Å²) >= 11 is 0. The number of hydrogen-bond acceptors (Lipinski definition) is 20. The monoisotopic (exact) mass is 1220 g/mol. The number of aromatic nitrogens is 2. The number of unbranched alkanes of at least 4 members (excludes halogenated alkanes) is 2. The third-order valence-corrected chi connectivity index (χ3v) is 16.5. The van der Waals surface area contributed by atoms with Gasteiger partial charge in [-0.05, 0) is 62.8 Å². The van der Waals surface area contributed by atoms with E-state index >= 15 is 0 Å². The number of carboxylic acid groups (broad SMARTS) is 1. The molecule has 6 amide bonds. The topological polar surface area (TPSA) is 346 Å². The second-order valence-electron chi connectivity index (χ2n) is 20.9. The number of fused-ring (bicyclic) bond motifs is 1. The third kappa shape index (κ3) is 25.6. The zero-order valence-corrected chi connectivity index (χ0v) is 50.0. The van der Waals surface area contributed by atoms with E-state index in [9.17, 15) is 47.1 Å². The van der Waals surface area contributed by atoms with Gasteiger partial charge in [0.1, 0.15) is 12.8 Å². The first-order valence-electron chi connectivity index (χ1n) is 29.3. The van der Waals surface area contributed by atoms with Crippen LogP contribution >= 0.6 is 0 Å². The van der Waals surface area contributed by atoms with Crippen LogP contribution in [-0.4, -0.2) is 233 Å². The highest BCUT2D eigenvalue weighted by molar-refractivity contribution is 7.91. The number of aliphatic carboxylic acids is 1. The van der Waals surface area contributed by atoms with E-state index in [1.165, 1.54) is 6.20 Å². The molecule has 27 nitrogen and oxygen atoms in total. The number of carbonyl (C=O) groups excluding carboxylic acids is 6. The van der Waals surface area contributed by atoms with Crippen LogP contribution < -0.4 is 26.6 Å². The van der Waals surface area contributed by atoms with Crippen LogP contribution in [0.4, 0.5) is 0 Å². The summed E-state index contributed by atoms with van der Waals surface area (Å²) in [5.74, 6) is -4.68. The van der Waals surface area contributed by atoms with E-state index in [-0.39, 0.29) is 75.1 Å². The molecular weight excluding hydrogens is 1130 g/mol. The van der Waals surface area contributed by atoms with Gasteiger partial charge in [0.25, 0.3) is 5.91 Å². The van der Waals surface area contributed by atoms with Crippen molar-refractivity contribution in [3.05, 3.63) is 53.3 Å². The average Bonchev–Trinajstić information content (AvgIpc) is 1.29. The Bertz CT molecular complexity index is 2460. The first-order valence-corrected chi connectivity index (χ1v) is 30.8. The first kappa shape index (κ1) is 69.9. The lowest BCUT2D eigenvalue weighted by molar-refractivity contribution is -0.153. The highest BCUT2D eigenvalue weighted by atomic mass is 32.2. The smallest absolute Gasteiger partial charge is 0.333 e. The van der Waals surface area contributed by atoms with Gasteiger partial charge < -0.3 is 79.2 Å². The van der Waals surface area contributed by atoms with Gasteiger partial charge in [-0.1, -0.05) is 49.6 Å². The Labute approximate surface area is 497 Å². The summed E-state index contributed by atoms with van der Waals surface area (Å²) in [6, 6.07) is 7.68. The molecule has 0 spiro atoms. The van der Waals surface area contributed by atoms with Crippen LogP contribution in [0.2, 0.25) is 0 Å². The van der Waals surface area contributed by atoms with Crippen molar-refractivity contribution in [2.45, 2.75) is 111 Å². The van der Waals surface area contributed by atoms with Crippen LogP contribution in [0.25, 0.3) is 0 Å². The molecule has 0 bridgehead atoms. The molecule has 1 aliphatic heterocycles. The zero-order valence-electron chi connectivity index (χ0n) is 49.2. The molecule has 6 N–H and O–H groups in total. The molecule has 2 fully saturated rings. The Morgan fingerprint density at radius 3 is 1.79 bits per heavy atom. The number of rotatable bonds is 47. The van der Waals surface area contributed by atoms with Crippen molar-refractivity contribution in [2.75, 3.05) is 146 Å². The molecule has 2 atom stereocenters. The van der Waals surface area contributed by atoms with Crippen molar-refractivity contribution in [3.63, 3.8) is 0 Å². The Hall–Kier alpha value is -5.82. The molecule has 476 valence electrons. The summed E-state index contributed by atoms with van der Waals surface area (Å²) < 4.78 is 77.6. The zero-order chi connectivity index (χ0) is 61.1. The molecule has 2 aromatic rings. The lowest BCUT2D eigenvalue weighted by Gasteiger charge is -2.43. The van der Waals surface area contributed by atoms with Crippen LogP contribution in [0, 0.1) is 5.92 Å². The number of nitrogens with zero attached hydrogens (tertiary/aromatic N) is 3. The van der Waals surface area contributed by atoms with Crippen molar-refractivity contribution >= 4 is 51.2 Å². The van der Waals surface area contributed by atoms with E-state index in [0.717, 1.165) is 25.7 Å². The summed E-state index contributed by atoms with van der Waals surface area (Å²) in [6.07, 6.45) is 6.62. The average molecular weight is 1220 g/mol. The first-order chi connectivity index (χ1) is 41.2. The minimum atomic E-state index is -3.90. The predicted octanol–water partition coefficient (Wildman–Crippen LogP) is 0.649. The van der Waals surface area contributed by atoms with Crippen LogP contribution in [0.3, 0.4) is 0 Å². The maximum atomic E-state index is 14.3. The fourth-order valence-electron chi connectivity index (χ4n) is 9.65. The van der Waals surface area contributed by atoms with Gasteiger partial charge in [0.15, 0.2) is 6.10 Å². The van der Waals surface area contributed by atoms with Gasteiger partial charge in [0.2, 0.25) is 44.5 Å². The molecular formula is C57H88N8O19S. The predicted molar refractivity (Wildman–Crippen MR) is 305 cm³/mol. The largest absolute Gasteiger partial charge is 0.479 e. The fourth-order valence-corrected chi connectivity index (χ4v) is 11.3. The second-order valence-corrected chi connectivity index (χ2v) is 23.1. The van der Waals surface area contributed by atoms with Crippen LogP contribution in [-0.2, 0) is 93.1 Å². The van der Waals surface area contributed by atoms with Crippen molar-refractivity contribution in [1.82, 2.24) is 41.5 Å². The molecule has 28 heteroatoms. The van der Waals surface area contributed by atoms with E-state index in [0.29, 0.717) is 129 Å². The van der Waals surface area contributed by atoms with Gasteiger partial charge in [-0.2, -0.15) is 0 Å². The maximum Gasteiger partial charge on any atom is 0.333 e. The van der Waals surface area contributed by atoms with Crippen LogP contribution in [0.5, 0.6) is 0 Å². The van der Waals surface area contributed by atoms with E-state index in [1.54, 1.807) is 49.5 Å². The summed E-state index contributed by atoms with van der Waals surface area (Å²) in [4.78, 5) is 101. The summed E-state index contributed by atoms with van der Waals surface area (Å²) in [6.45, 7) is 3.73. The standard InChI is InChI=1S/C57H88N8O19S/c1-76-23-25-80-31-33-82-29-27-78-21-18-57(19-22-79-28-30-83-34-32-81-26-24-77-2)40-65(54(71)45-36-61-56(64-52(45)57)85(74,75)44-13-8-9-14-44)20-10-4-7-15-47(66)58-37-48(67)59-39-50(69)63-46(35-42-11-5-3-6-12-42)53(70)60-38-49(68)62-41-84-51(55(72)73)43-16-17-43/h3,5-6,11-12,36,43-44,46,51H,4,7-10,13-35,37-41H2,1-2H3,(H,58,66)(H,59,67)(H,60,70)(H,62,68)(H,63,69)(H,72,73)/t46-,51-/m0/s1. The van der Waals surface area contributed by atoms with Gasteiger partial charge in [0, 0.05) is 65.0 Å². The molecule has 2 heterocycles. The van der Waals surface area contributed by atoms with Crippen molar-refractivity contribution in [2.24, 2.45) is 5.92 Å². The number of sulfone groups is 1. The Morgan fingerprint density at radius 2 is 1.21 bits per heavy atom. The number of nitrogens with one attached hydrogen (secondary N) is 5. The van der Waals surface area contributed by atoms with E-state index in [1.807, 2.05) is 0 Å². The van der Waals surface area contributed by atoms with E-state index in [4.69, 9.17) is 47.6 Å².